The van der Waals surface area contributed by atoms with Crippen LogP contribution in [0, 0.1) is 0 Å². The third-order valence-corrected chi connectivity index (χ3v) is 3.09. The summed E-state index contributed by atoms with van der Waals surface area (Å²) < 4.78 is 7.13. The van der Waals surface area contributed by atoms with Crippen LogP contribution >= 0.6 is 23.2 Å². The van der Waals surface area contributed by atoms with E-state index in [1.807, 2.05) is 4.68 Å². The summed E-state index contributed by atoms with van der Waals surface area (Å²) in [4.78, 5) is 8.03. The highest BCUT2D eigenvalue weighted by atomic mass is 35.5. The quantitative estimate of drug-likeness (QED) is 0.581. The molecule has 0 spiro atoms. The van der Waals surface area contributed by atoms with Gasteiger partial charge >= 0.3 is 0 Å². The van der Waals surface area contributed by atoms with E-state index in [0.717, 1.165) is 18.4 Å². The number of aromatic nitrogens is 4. The maximum atomic E-state index is 5.96. The molecule has 3 heterocycles. The zero-order valence-electron chi connectivity index (χ0n) is 8.23. The van der Waals surface area contributed by atoms with Crippen molar-refractivity contribution in [3.8, 4) is 0 Å². The molecule has 1 fully saturated rings. The summed E-state index contributed by atoms with van der Waals surface area (Å²) >= 11 is 11.7. The number of nitrogens with zero attached hydrogens (tertiary/aromatic N) is 4. The number of hydrogen-bond donors (Lipinski definition) is 0. The van der Waals surface area contributed by atoms with Crippen LogP contribution < -0.4 is 0 Å². The van der Waals surface area contributed by atoms with Crippen LogP contribution in [0.15, 0.2) is 6.20 Å². The third-order valence-electron chi connectivity index (χ3n) is 2.63. The predicted molar refractivity (Wildman–Crippen MR) is 59.8 cm³/mol. The van der Waals surface area contributed by atoms with Gasteiger partial charge in [-0.1, -0.05) is 11.6 Å². The molecule has 1 aliphatic heterocycles. The van der Waals surface area contributed by atoms with E-state index in [0.29, 0.717) is 17.4 Å². The topological polar surface area (TPSA) is 52.8 Å². The van der Waals surface area contributed by atoms with Crippen LogP contribution in [0.1, 0.15) is 12.5 Å². The minimum atomic E-state index is 0.137. The summed E-state index contributed by atoms with van der Waals surface area (Å²) in [7, 11) is 0. The molecule has 1 saturated heterocycles. The fourth-order valence-electron chi connectivity index (χ4n) is 1.85. The molecular weight excluding hydrogens is 251 g/mol. The van der Waals surface area contributed by atoms with Crippen LogP contribution in [0.4, 0.5) is 0 Å². The lowest BCUT2D eigenvalue weighted by Crippen LogP contribution is -2.10. The van der Waals surface area contributed by atoms with Gasteiger partial charge in [0, 0.05) is 6.61 Å². The van der Waals surface area contributed by atoms with E-state index >= 15 is 0 Å². The predicted octanol–water partition coefficient (Wildman–Crippen LogP) is 2.09. The first-order valence-corrected chi connectivity index (χ1v) is 5.65. The van der Waals surface area contributed by atoms with Crippen LogP contribution in [0.3, 0.4) is 0 Å². The SMILES string of the molecule is Clc1nc(Cl)c2cnn(C3CCOC3)c2n1. The van der Waals surface area contributed by atoms with Crippen molar-refractivity contribution in [2.24, 2.45) is 0 Å². The van der Waals surface area contributed by atoms with E-state index in [1.54, 1.807) is 6.20 Å². The molecule has 0 amide bonds. The molecule has 5 nitrogen and oxygen atoms in total. The molecule has 3 rings (SSSR count). The molecule has 0 aromatic carbocycles. The largest absolute Gasteiger partial charge is 0.379 e. The zero-order chi connectivity index (χ0) is 11.1. The van der Waals surface area contributed by atoms with Gasteiger partial charge in [0.15, 0.2) is 5.65 Å². The molecule has 1 atom stereocenters. The zero-order valence-corrected chi connectivity index (χ0v) is 9.74. The van der Waals surface area contributed by atoms with Crippen molar-refractivity contribution in [1.29, 1.82) is 0 Å². The summed E-state index contributed by atoms with van der Waals surface area (Å²) in [5, 5.41) is 5.46. The number of rotatable bonds is 1. The smallest absolute Gasteiger partial charge is 0.225 e. The summed E-state index contributed by atoms with van der Waals surface area (Å²) in [6.07, 6.45) is 2.59. The molecule has 0 aliphatic carbocycles. The first-order chi connectivity index (χ1) is 7.75. The van der Waals surface area contributed by atoms with Crippen LogP contribution in [-0.4, -0.2) is 33.0 Å². The first kappa shape index (κ1) is 10.3. The van der Waals surface area contributed by atoms with Gasteiger partial charge in [0.25, 0.3) is 0 Å². The Labute approximate surface area is 101 Å². The Morgan fingerprint density at radius 3 is 3.00 bits per heavy atom. The second-order valence-corrected chi connectivity index (χ2v) is 4.32. The molecule has 0 bridgehead atoms. The number of hydrogen-bond acceptors (Lipinski definition) is 4. The van der Waals surface area contributed by atoms with Crippen molar-refractivity contribution < 1.29 is 4.74 Å². The van der Waals surface area contributed by atoms with Gasteiger partial charge in [0.05, 0.1) is 24.2 Å². The minimum absolute atomic E-state index is 0.137. The second-order valence-electron chi connectivity index (χ2n) is 3.63. The average Bonchev–Trinajstić information content (AvgIpc) is 2.83. The van der Waals surface area contributed by atoms with Crippen molar-refractivity contribution in [3.63, 3.8) is 0 Å². The lowest BCUT2D eigenvalue weighted by Gasteiger charge is -2.08. The number of halogens is 2. The van der Waals surface area contributed by atoms with Crippen LogP contribution in [0.2, 0.25) is 10.4 Å². The van der Waals surface area contributed by atoms with Gasteiger partial charge in [-0.25, -0.2) is 9.67 Å². The molecular formula is C9H8Cl2N4O. The minimum Gasteiger partial charge on any atom is -0.379 e. The summed E-state index contributed by atoms with van der Waals surface area (Å²) in [6.45, 7) is 1.40. The van der Waals surface area contributed by atoms with Gasteiger partial charge in [-0.3, -0.25) is 0 Å². The van der Waals surface area contributed by atoms with Crippen molar-refractivity contribution in [1.82, 2.24) is 19.7 Å². The van der Waals surface area contributed by atoms with Gasteiger partial charge in [-0.2, -0.15) is 10.1 Å². The summed E-state index contributed by atoms with van der Waals surface area (Å²) in [6, 6.07) is 0.208. The Hall–Kier alpha value is -0.910. The Kier molecular flexibility index (Phi) is 2.46. The van der Waals surface area contributed by atoms with Crippen molar-refractivity contribution in [2.45, 2.75) is 12.5 Å². The molecule has 1 unspecified atom stereocenters. The summed E-state index contributed by atoms with van der Waals surface area (Å²) in [5.41, 5.74) is 0.667. The maximum Gasteiger partial charge on any atom is 0.225 e. The molecule has 2 aromatic rings. The van der Waals surface area contributed by atoms with Crippen molar-refractivity contribution in [2.75, 3.05) is 13.2 Å². The van der Waals surface area contributed by atoms with Gasteiger partial charge in [-0.05, 0) is 18.0 Å². The third kappa shape index (κ3) is 1.55. The fourth-order valence-corrected chi connectivity index (χ4v) is 2.27. The Balaban J connectivity index is 2.18. The van der Waals surface area contributed by atoms with Gasteiger partial charge < -0.3 is 4.74 Å². The highest BCUT2D eigenvalue weighted by Gasteiger charge is 2.22. The van der Waals surface area contributed by atoms with E-state index in [2.05, 4.69) is 15.1 Å². The van der Waals surface area contributed by atoms with E-state index < -0.39 is 0 Å². The first-order valence-electron chi connectivity index (χ1n) is 4.89. The molecule has 1 aliphatic rings. The van der Waals surface area contributed by atoms with E-state index in [-0.39, 0.29) is 11.3 Å². The Morgan fingerprint density at radius 1 is 1.38 bits per heavy atom. The van der Waals surface area contributed by atoms with Crippen LogP contribution in [-0.2, 0) is 4.74 Å². The highest BCUT2D eigenvalue weighted by Crippen LogP contribution is 2.26. The summed E-state index contributed by atoms with van der Waals surface area (Å²) in [5.74, 6) is 0. The van der Waals surface area contributed by atoms with E-state index in [9.17, 15) is 0 Å². The van der Waals surface area contributed by atoms with Gasteiger partial charge in [0.1, 0.15) is 5.15 Å². The highest BCUT2D eigenvalue weighted by molar-refractivity contribution is 6.35. The molecule has 2 aromatic heterocycles. The van der Waals surface area contributed by atoms with Crippen LogP contribution in [0.5, 0.6) is 0 Å². The van der Waals surface area contributed by atoms with Crippen LogP contribution in [0.25, 0.3) is 11.0 Å². The van der Waals surface area contributed by atoms with E-state index in [1.165, 1.54) is 0 Å². The monoisotopic (exact) mass is 258 g/mol. The van der Waals surface area contributed by atoms with Crippen molar-refractivity contribution >= 4 is 34.2 Å². The second kappa shape index (κ2) is 3.84. The van der Waals surface area contributed by atoms with Gasteiger partial charge in [0.2, 0.25) is 5.28 Å². The normalized spacial score (nSPS) is 20.8. The fraction of sp³-hybridized carbons (Fsp3) is 0.444. The molecule has 7 heteroatoms. The maximum absolute atomic E-state index is 5.96. The van der Waals surface area contributed by atoms with Gasteiger partial charge in [-0.15, -0.1) is 0 Å². The standard InChI is InChI=1S/C9H8Cl2N4O/c10-7-6-3-12-15(5-1-2-16-4-5)8(6)14-9(11)13-7/h3,5H,1-2,4H2. The van der Waals surface area contributed by atoms with E-state index in [4.69, 9.17) is 27.9 Å². The average molecular weight is 259 g/mol. The lowest BCUT2D eigenvalue weighted by molar-refractivity contribution is 0.185. The molecule has 84 valence electrons. The van der Waals surface area contributed by atoms with Crippen molar-refractivity contribution in [3.05, 3.63) is 16.6 Å². The Bertz CT molecular complexity index is 536. The Morgan fingerprint density at radius 2 is 2.25 bits per heavy atom. The number of ether oxygens (including phenoxy) is 1. The molecule has 0 N–H and O–H groups in total. The number of fused-ring (bicyclic) bond motifs is 1. The molecule has 16 heavy (non-hydrogen) atoms. The molecule has 0 saturated carbocycles. The molecule has 0 radical (unpaired) electrons. The lowest BCUT2D eigenvalue weighted by atomic mass is 10.3.